The summed E-state index contributed by atoms with van der Waals surface area (Å²) in [4.78, 5) is 15.2. The van der Waals surface area contributed by atoms with Crippen LogP contribution in [0.4, 0.5) is 0 Å². The Bertz CT molecular complexity index is 3570. The molecule has 4 heteroatoms. The second-order valence-electron chi connectivity index (χ2n) is 16.7. The third-order valence-electron chi connectivity index (χ3n) is 12.7. The molecule has 4 nitrogen and oxygen atoms in total. The van der Waals surface area contributed by atoms with Gasteiger partial charge in [0.1, 0.15) is 0 Å². The van der Waals surface area contributed by atoms with Crippen LogP contribution in [0.25, 0.3) is 117 Å². The first-order valence-corrected chi connectivity index (χ1v) is 22.7. The quantitative estimate of drug-likeness (QED) is 0.145. The minimum Gasteiger partial charge on any atom is -0.308 e. The van der Waals surface area contributed by atoms with Gasteiger partial charge in [0.2, 0.25) is 0 Å². The molecule has 0 radical (unpaired) electrons. The average Bonchev–Trinajstić information content (AvgIpc) is 3.75. The van der Waals surface area contributed by atoms with Crippen molar-refractivity contribution in [2.45, 2.75) is 0 Å². The van der Waals surface area contributed by atoms with Crippen LogP contribution in [-0.2, 0) is 0 Å². The first-order valence-electron chi connectivity index (χ1n) is 22.7. The maximum atomic E-state index is 5.12. The largest absolute Gasteiger partial charge is 0.308 e. The zero-order valence-electron chi connectivity index (χ0n) is 36.5. The molecule has 0 aliphatic carbocycles. The van der Waals surface area contributed by atoms with Crippen molar-refractivity contribution in [1.29, 1.82) is 0 Å². The van der Waals surface area contributed by atoms with Gasteiger partial charge in [-0.15, -0.1) is 0 Å². The Labute approximate surface area is 389 Å². The van der Waals surface area contributed by atoms with Crippen LogP contribution >= 0.6 is 0 Å². The molecule has 0 saturated carbocycles. The maximum Gasteiger partial charge on any atom is 0.164 e. The summed E-state index contributed by atoms with van der Waals surface area (Å²) < 4.78 is 2.52. The lowest BCUT2D eigenvalue weighted by Gasteiger charge is -2.29. The van der Waals surface area contributed by atoms with Crippen molar-refractivity contribution in [3.05, 3.63) is 255 Å². The molecule has 12 rings (SSSR count). The second kappa shape index (κ2) is 17.2. The molecule has 0 atom stereocenters. The molecule has 0 unspecified atom stereocenters. The van der Waals surface area contributed by atoms with Crippen LogP contribution < -0.4 is 0 Å². The highest BCUT2D eigenvalue weighted by molar-refractivity contribution is 6.16. The molecule has 0 amide bonds. The Morgan fingerprint density at radius 1 is 0.209 bits per heavy atom. The average molecular weight is 855 g/mol. The van der Waals surface area contributed by atoms with Crippen LogP contribution in [-0.4, -0.2) is 19.5 Å². The number of benzene rings is 10. The summed E-state index contributed by atoms with van der Waals surface area (Å²) in [6.45, 7) is 0. The van der Waals surface area contributed by atoms with Crippen LogP contribution in [0, 0.1) is 0 Å². The molecule has 0 fully saturated rings. The number of nitrogens with zero attached hydrogens (tertiary/aromatic N) is 4. The van der Waals surface area contributed by atoms with Gasteiger partial charge >= 0.3 is 0 Å². The van der Waals surface area contributed by atoms with Gasteiger partial charge in [-0.1, -0.05) is 243 Å². The van der Waals surface area contributed by atoms with Gasteiger partial charge < -0.3 is 4.57 Å². The number of rotatable bonds is 9. The lowest BCUT2D eigenvalue weighted by atomic mass is 9.77. The molecule has 0 bridgehead atoms. The highest BCUT2D eigenvalue weighted by atomic mass is 15.0. The van der Waals surface area contributed by atoms with E-state index in [1.165, 1.54) is 16.3 Å². The molecule has 2 aromatic heterocycles. The minimum atomic E-state index is 0.611. The normalized spacial score (nSPS) is 11.3. The molecule has 67 heavy (non-hydrogen) atoms. The van der Waals surface area contributed by atoms with Crippen LogP contribution in [0.2, 0.25) is 0 Å². The predicted octanol–water partition coefficient (Wildman–Crippen LogP) is 16.3. The molecule has 10 aromatic carbocycles. The molecule has 12 aromatic rings. The van der Waals surface area contributed by atoms with E-state index in [1.54, 1.807) is 0 Å². The van der Waals surface area contributed by atoms with Crippen molar-refractivity contribution in [2.75, 3.05) is 0 Å². The van der Waals surface area contributed by atoms with Crippen LogP contribution in [0.5, 0.6) is 0 Å². The number of fused-ring (bicyclic) bond motifs is 3. The molecule has 0 saturated heterocycles. The number of hydrogen-bond donors (Lipinski definition) is 0. The highest BCUT2D eigenvalue weighted by Gasteiger charge is 2.31. The van der Waals surface area contributed by atoms with Gasteiger partial charge in [-0.05, 0) is 45.5 Å². The van der Waals surface area contributed by atoms with Gasteiger partial charge in [-0.25, -0.2) is 15.0 Å². The Kier molecular flexibility index (Phi) is 10.2. The third-order valence-corrected chi connectivity index (χ3v) is 12.7. The van der Waals surface area contributed by atoms with Crippen molar-refractivity contribution in [1.82, 2.24) is 19.5 Å². The Morgan fingerprint density at radius 2 is 0.448 bits per heavy atom. The van der Waals surface area contributed by atoms with E-state index in [0.29, 0.717) is 17.5 Å². The second-order valence-corrected chi connectivity index (χ2v) is 16.7. The fourth-order valence-corrected chi connectivity index (χ4v) is 9.69. The SMILES string of the molecule is c1ccc(-c2nc(-c3ccccc3)nc(-c3ccc(-c4c(-c5ccccc5)c(-c5ccccc5)c(-c5ccccc5)c(-c5ccccc5)c4-n4c5ccccc5c5ccccc54)cc3)n2)cc1. The first-order chi connectivity index (χ1) is 33.3. The topological polar surface area (TPSA) is 43.6 Å². The molecule has 2 heterocycles. The predicted molar refractivity (Wildman–Crippen MR) is 278 cm³/mol. The third kappa shape index (κ3) is 7.18. The van der Waals surface area contributed by atoms with Crippen molar-refractivity contribution >= 4 is 21.8 Å². The summed E-state index contributed by atoms with van der Waals surface area (Å²) in [5, 5.41) is 2.40. The van der Waals surface area contributed by atoms with Gasteiger partial charge in [0.25, 0.3) is 0 Å². The lowest BCUT2D eigenvalue weighted by molar-refractivity contribution is 1.07. The first kappa shape index (κ1) is 39.6. The summed E-state index contributed by atoms with van der Waals surface area (Å²) in [6.07, 6.45) is 0. The van der Waals surface area contributed by atoms with E-state index in [4.69, 9.17) is 15.0 Å². The van der Waals surface area contributed by atoms with Crippen molar-refractivity contribution < 1.29 is 0 Å². The molecule has 0 aliphatic rings. The number of hydrogen-bond acceptors (Lipinski definition) is 3. The summed E-state index contributed by atoms with van der Waals surface area (Å²) in [5.74, 6) is 1.87. The van der Waals surface area contributed by atoms with Gasteiger partial charge in [-0.3, -0.25) is 0 Å². The van der Waals surface area contributed by atoms with Crippen molar-refractivity contribution in [3.8, 4) is 95.5 Å². The van der Waals surface area contributed by atoms with Gasteiger partial charge in [0, 0.05) is 49.7 Å². The van der Waals surface area contributed by atoms with E-state index in [0.717, 1.165) is 83.5 Å². The highest BCUT2D eigenvalue weighted by Crippen LogP contribution is 2.55. The Morgan fingerprint density at radius 3 is 0.806 bits per heavy atom. The maximum absolute atomic E-state index is 5.12. The summed E-state index contributed by atoms with van der Waals surface area (Å²) in [5.41, 5.74) is 17.5. The molecule has 0 aliphatic heterocycles. The van der Waals surface area contributed by atoms with E-state index in [-0.39, 0.29) is 0 Å². The van der Waals surface area contributed by atoms with E-state index >= 15 is 0 Å². The van der Waals surface area contributed by atoms with Crippen LogP contribution in [0.1, 0.15) is 0 Å². The monoisotopic (exact) mass is 854 g/mol. The zero-order valence-corrected chi connectivity index (χ0v) is 36.5. The van der Waals surface area contributed by atoms with Gasteiger partial charge in [0.15, 0.2) is 17.5 Å². The fraction of sp³-hybridized carbons (Fsp3) is 0. The van der Waals surface area contributed by atoms with Crippen molar-refractivity contribution in [3.63, 3.8) is 0 Å². The summed E-state index contributed by atoms with van der Waals surface area (Å²) in [7, 11) is 0. The standard InChI is InChI=1S/C63H42N4/c1-7-23-43(24-8-1)55-56(44-25-9-2-10-26-44)58(46-29-13-4-14-30-46)60(67-53-37-21-19-35-51(53)52-36-20-22-38-54(52)67)59(57(55)45-27-11-3-12-28-45)47-39-41-50(42-40-47)63-65-61(48-31-15-5-16-32-48)64-62(66-63)49-33-17-6-18-34-49/h1-42H. The molecule has 314 valence electrons. The van der Waals surface area contributed by atoms with Gasteiger partial charge in [0.05, 0.1) is 16.7 Å². The number of aromatic nitrogens is 4. The van der Waals surface area contributed by atoms with Crippen molar-refractivity contribution in [2.24, 2.45) is 0 Å². The Balaban J connectivity index is 1.24. The lowest BCUT2D eigenvalue weighted by Crippen LogP contribution is -2.07. The van der Waals surface area contributed by atoms with Gasteiger partial charge in [-0.2, -0.15) is 0 Å². The number of para-hydroxylation sites is 2. The fourth-order valence-electron chi connectivity index (χ4n) is 9.69. The smallest absolute Gasteiger partial charge is 0.164 e. The van der Waals surface area contributed by atoms with E-state index in [1.807, 2.05) is 60.7 Å². The van der Waals surface area contributed by atoms with E-state index < -0.39 is 0 Å². The molecule has 0 spiro atoms. The molecular weight excluding hydrogens is 813 g/mol. The molecular formula is C63H42N4. The summed E-state index contributed by atoms with van der Waals surface area (Å²) in [6, 6.07) is 90.5. The van der Waals surface area contributed by atoms with E-state index in [9.17, 15) is 0 Å². The van der Waals surface area contributed by atoms with Crippen LogP contribution in [0.3, 0.4) is 0 Å². The van der Waals surface area contributed by atoms with E-state index in [2.05, 4.69) is 199 Å². The molecule has 0 N–H and O–H groups in total. The minimum absolute atomic E-state index is 0.611. The summed E-state index contributed by atoms with van der Waals surface area (Å²) >= 11 is 0. The Hall–Kier alpha value is -8.99. The zero-order chi connectivity index (χ0) is 44.5. The van der Waals surface area contributed by atoms with Crippen LogP contribution in [0.15, 0.2) is 255 Å².